The van der Waals surface area contributed by atoms with Gasteiger partial charge in [0.1, 0.15) is 0 Å². The normalized spacial score (nSPS) is 29.9. The van der Waals surface area contributed by atoms with E-state index in [0.29, 0.717) is 5.92 Å². The van der Waals surface area contributed by atoms with Crippen molar-refractivity contribution in [3.8, 4) is 0 Å². The first-order chi connectivity index (χ1) is 6.91. The van der Waals surface area contributed by atoms with Gasteiger partial charge < -0.3 is 10.6 Å². The summed E-state index contributed by atoms with van der Waals surface area (Å²) in [4.78, 5) is 15.6. The lowest BCUT2D eigenvalue weighted by Gasteiger charge is -2.38. The molecule has 0 aromatic carbocycles. The van der Waals surface area contributed by atoms with E-state index >= 15 is 0 Å². The van der Waals surface area contributed by atoms with Gasteiger partial charge >= 0.3 is 0 Å². The summed E-state index contributed by atoms with van der Waals surface area (Å²) in [6, 6.07) is 0.167. The Morgan fingerprint density at radius 2 is 2.07 bits per heavy atom. The maximum atomic E-state index is 11.8. The average Bonchev–Trinajstić information content (AvgIpc) is 2.13. The van der Waals surface area contributed by atoms with Crippen LogP contribution in [0.4, 0.5) is 0 Å². The van der Waals surface area contributed by atoms with Crippen LogP contribution < -0.4 is 5.73 Å². The molecule has 1 amide bonds. The predicted octanol–water partition coefficient (Wildman–Crippen LogP) is 0.132. The molecule has 1 aliphatic heterocycles. The lowest BCUT2D eigenvalue weighted by molar-refractivity contribution is -0.134. The number of hydrogen-bond donors (Lipinski definition) is 1. The van der Waals surface area contributed by atoms with E-state index in [1.165, 1.54) is 0 Å². The molecular weight excluding hydrogens is 190 g/mol. The van der Waals surface area contributed by atoms with Gasteiger partial charge in [-0.15, -0.1) is 0 Å². The number of hydrogen-bond acceptors (Lipinski definition) is 3. The van der Waals surface area contributed by atoms with E-state index in [2.05, 4.69) is 11.8 Å². The van der Waals surface area contributed by atoms with Gasteiger partial charge in [0.25, 0.3) is 0 Å². The van der Waals surface area contributed by atoms with Gasteiger partial charge in [-0.3, -0.25) is 9.69 Å². The van der Waals surface area contributed by atoms with Gasteiger partial charge in [0.2, 0.25) is 5.91 Å². The third-order valence-electron chi connectivity index (χ3n) is 3.07. The monoisotopic (exact) mass is 213 g/mol. The molecule has 0 spiro atoms. The van der Waals surface area contributed by atoms with Crippen molar-refractivity contribution in [1.82, 2.24) is 9.80 Å². The highest BCUT2D eigenvalue weighted by molar-refractivity contribution is 5.80. The van der Waals surface area contributed by atoms with Gasteiger partial charge in [-0.25, -0.2) is 0 Å². The van der Waals surface area contributed by atoms with E-state index in [-0.39, 0.29) is 18.0 Å². The van der Waals surface area contributed by atoms with Gasteiger partial charge in [-0.2, -0.15) is 0 Å². The van der Waals surface area contributed by atoms with Crippen molar-refractivity contribution in [2.45, 2.75) is 32.4 Å². The molecule has 0 aromatic heterocycles. The van der Waals surface area contributed by atoms with Crippen LogP contribution in [0.2, 0.25) is 0 Å². The second-order valence-corrected chi connectivity index (χ2v) is 4.96. The molecule has 4 nitrogen and oxygen atoms in total. The average molecular weight is 213 g/mol. The maximum Gasteiger partial charge on any atom is 0.239 e. The number of nitrogens with two attached hydrogens (primary N) is 1. The molecule has 0 saturated carbocycles. The molecular formula is C11H23N3O. The molecule has 1 aliphatic rings. The van der Waals surface area contributed by atoms with Gasteiger partial charge in [-0.05, 0) is 19.3 Å². The molecule has 1 rings (SSSR count). The van der Waals surface area contributed by atoms with Crippen LogP contribution in [0.15, 0.2) is 0 Å². The van der Waals surface area contributed by atoms with Crippen molar-refractivity contribution in [3.63, 3.8) is 0 Å². The van der Waals surface area contributed by atoms with Crippen LogP contribution in [-0.2, 0) is 4.79 Å². The first-order valence-electron chi connectivity index (χ1n) is 5.62. The Balaban J connectivity index is 2.59. The minimum atomic E-state index is -0.0474. The molecule has 3 atom stereocenters. The fourth-order valence-corrected chi connectivity index (χ4v) is 2.29. The molecule has 0 radical (unpaired) electrons. The Labute approximate surface area is 92.4 Å². The van der Waals surface area contributed by atoms with Gasteiger partial charge in [0.05, 0.1) is 6.04 Å². The first kappa shape index (κ1) is 12.5. The van der Waals surface area contributed by atoms with Crippen molar-refractivity contribution in [2.24, 2.45) is 11.7 Å². The van der Waals surface area contributed by atoms with Crippen LogP contribution in [-0.4, -0.2) is 55.0 Å². The highest BCUT2D eigenvalue weighted by Crippen LogP contribution is 2.17. The number of nitrogens with zero attached hydrogens (tertiary/aromatic N) is 2. The molecule has 0 aromatic rings. The Hall–Kier alpha value is -0.610. The van der Waals surface area contributed by atoms with Crippen LogP contribution in [0, 0.1) is 5.92 Å². The third-order valence-corrected chi connectivity index (χ3v) is 3.07. The molecule has 0 aliphatic carbocycles. The number of rotatable bonds is 2. The number of likely N-dealkylation sites (N-methyl/N-ethyl adjacent to an activating group) is 1. The summed E-state index contributed by atoms with van der Waals surface area (Å²) >= 11 is 0. The van der Waals surface area contributed by atoms with Crippen LogP contribution in [0.1, 0.15) is 20.3 Å². The summed E-state index contributed by atoms with van der Waals surface area (Å²) in [6.45, 7) is 5.98. The summed E-state index contributed by atoms with van der Waals surface area (Å²) in [7, 11) is 3.60. The predicted molar refractivity (Wildman–Crippen MR) is 61.5 cm³/mol. The molecule has 3 unspecified atom stereocenters. The first-order valence-corrected chi connectivity index (χ1v) is 5.62. The highest BCUT2D eigenvalue weighted by atomic mass is 16.2. The molecule has 4 heteroatoms. The van der Waals surface area contributed by atoms with Crippen molar-refractivity contribution in [3.05, 3.63) is 0 Å². The summed E-state index contributed by atoms with van der Waals surface area (Å²) in [5.74, 6) is 0.752. The number of carbonyl (C=O) groups is 1. The number of amides is 1. The molecule has 1 fully saturated rings. The lowest BCUT2D eigenvalue weighted by atomic mass is 9.95. The quantitative estimate of drug-likeness (QED) is 0.709. The van der Waals surface area contributed by atoms with Crippen molar-refractivity contribution < 1.29 is 4.79 Å². The Bertz CT molecular complexity index is 220. The molecule has 88 valence electrons. The molecule has 2 N–H and O–H groups in total. The van der Waals surface area contributed by atoms with Crippen LogP contribution >= 0.6 is 0 Å². The minimum absolute atomic E-state index is 0.0474. The Morgan fingerprint density at radius 1 is 1.47 bits per heavy atom. The fourth-order valence-electron chi connectivity index (χ4n) is 2.29. The second kappa shape index (κ2) is 4.94. The Morgan fingerprint density at radius 3 is 2.53 bits per heavy atom. The number of piperidine rings is 1. The molecule has 0 bridgehead atoms. The SMILES string of the molecule is CC1CC(N)CN(C(C)C(=O)N(C)C)C1. The topological polar surface area (TPSA) is 49.6 Å². The maximum absolute atomic E-state index is 11.8. The van der Waals surface area contributed by atoms with E-state index in [4.69, 9.17) is 5.73 Å². The van der Waals surface area contributed by atoms with Crippen molar-refractivity contribution >= 4 is 5.91 Å². The molecule has 1 saturated heterocycles. The van der Waals surface area contributed by atoms with E-state index in [0.717, 1.165) is 19.5 Å². The van der Waals surface area contributed by atoms with Gasteiger partial charge in [-0.1, -0.05) is 6.92 Å². The Kier molecular flexibility index (Phi) is 4.11. The summed E-state index contributed by atoms with van der Waals surface area (Å²) < 4.78 is 0. The zero-order valence-corrected chi connectivity index (χ0v) is 10.2. The zero-order valence-electron chi connectivity index (χ0n) is 10.2. The second-order valence-electron chi connectivity index (χ2n) is 4.96. The molecule has 1 heterocycles. The van der Waals surface area contributed by atoms with E-state index < -0.39 is 0 Å². The lowest BCUT2D eigenvalue weighted by Crippen LogP contribution is -2.53. The smallest absolute Gasteiger partial charge is 0.239 e. The van der Waals surface area contributed by atoms with Gasteiger partial charge in [0, 0.05) is 33.2 Å². The van der Waals surface area contributed by atoms with Crippen molar-refractivity contribution in [2.75, 3.05) is 27.2 Å². The third kappa shape index (κ3) is 3.18. The standard InChI is InChI=1S/C11H23N3O/c1-8-5-10(12)7-14(6-8)9(2)11(15)13(3)4/h8-10H,5-7,12H2,1-4H3. The molecule has 15 heavy (non-hydrogen) atoms. The minimum Gasteiger partial charge on any atom is -0.347 e. The van der Waals surface area contributed by atoms with E-state index in [1.807, 2.05) is 6.92 Å². The van der Waals surface area contributed by atoms with E-state index in [1.54, 1.807) is 19.0 Å². The van der Waals surface area contributed by atoms with Gasteiger partial charge in [0.15, 0.2) is 0 Å². The number of carbonyl (C=O) groups excluding carboxylic acids is 1. The summed E-state index contributed by atoms with van der Waals surface area (Å²) in [6.07, 6.45) is 1.07. The fraction of sp³-hybridized carbons (Fsp3) is 0.909. The number of likely N-dealkylation sites (tertiary alicyclic amines) is 1. The van der Waals surface area contributed by atoms with Crippen LogP contribution in [0.3, 0.4) is 0 Å². The van der Waals surface area contributed by atoms with Crippen LogP contribution in [0.5, 0.6) is 0 Å². The summed E-state index contributed by atoms with van der Waals surface area (Å²) in [5, 5.41) is 0. The summed E-state index contributed by atoms with van der Waals surface area (Å²) in [5.41, 5.74) is 5.96. The van der Waals surface area contributed by atoms with Crippen molar-refractivity contribution in [1.29, 1.82) is 0 Å². The highest BCUT2D eigenvalue weighted by Gasteiger charge is 2.29. The van der Waals surface area contributed by atoms with Crippen LogP contribution in [0.25, 0.3) is 0 Å². The largest absolute Gasteiger partial charge is 0.347 e. The zero-order chi connectivity index (χ0) is 11.6. The van der Waals surface area contributed by atoms with E-state index in [9.17, 15) is 4.79 Å².